The molecule has 2 heterocycles. The SMILES string of the molecule is O=S(=O)(C=Cc1ccccc1)NCc1ccc(CNc2cc(-c3ccccc3Cl)nc3c(Br)cnn23)cc1. The van der Waals surface area contributed by atoms with Crippen LogP contribution in [0.5, 0.6) is 0 Å². The predicted octanol–water partition coefficient (Wildman–Crippen LogP) is 6.51. The molecule has 5 aromatic rings. The summed E-state index contributed by atoms with van der Waals surface area (Å²) in [6.07, 6.45) is 3.28. The second-order valence-corrected chi connectivity index (χ2v) is 11.4. The number of sulfonamides is 1. The van der Waals surface area contributed by atoms with Crippen molar-refractivity contribution in [1.82, 2.24) is 19.3 Å². The van der Waals surface area contributed by atoms with E-state index >= 15 is 0 Å². The molecular weight excluding hydrogens is 586 g/mol. The molecule has 0 saturated carbocycles. The molecule has 0 spiro atoms. The monoisotopic (exact) mass is 607 g/mol. The second kappa shape index (κ2) is 11.5. The third-order valence-corrected chi connectivity index (χ3v) is 7.72. The van der Waals surface area contributed by atoms with Gasteiger partial charge >= 0.3 is 0 Å². The Labute approximate surface area is 234 Å². The Morgan fingerprint density at radius 2 is 1.61 bits per heavy atom. The lowest BCUT2D eigenvalue weighted by Crippen LogP contribution is -2.20. The van der Waals surface area contributed by atoms with Crippen molar-refractivity contribution < 1.29 is 8.42 Å². The maximum atomic E-state index is 12.3. The lowest BCUT2D eigenvalue weighted by Gasteiger charge is -2.12. The molecule has 7 nitrogen and oxygen atoms in total. The topological polar surface area (TPSA) is 88.4 Å². The van der Waals surface area contributed by atoms with E-state index in [0.29, 0.717) is 17.2 Å². The van der Waals surface area contributed by atoms with Crippen molar-refractivity contribution in [3.8, 4) is 11.3 Å². The van der Waals surface area contributed by atoms with Gasteiger partial charge in [-0.2, -0.15) is 9.61 Å². The van der Waals surface area contributed by atoms with Crippen LogP contribution in [0.3, 0.4) is 0 Å². The lowest BCUT2D eigenvalue weighted by molar-refractivity contribution is 0.591. The number of nitrogens with one attached hydrogen (secondary N) is 2. The number of anilines is 1. The summed E-state index contributed by atoms with van der Waals surface area (Å²) in [7, 11) is -3.56. The minimum atomic E-state index is -3.56. The molecule has 10 heteroatoms. The van der Waals surface area contributed by atoms with Gasteiger partial charge in [-0.1, -0.05) is 84.4 Å². The van der Waals surface area contributed by atoms with Crippen LogP contribution >= 0.6 is 27.5 Å². The van der Waals surface area contributed by atoms with Gasteiger partial charge in [0.05, 0.1) is 16.4 Å². The van der Waals surface area contributed by atoms with E-state index in [1.54, 1.807) is 16.8 Å². The molecule has 0 unspecified atom stereocenters. The van der Waals surface area contributed by atoms with Crippen LogP contribution in [0.4, 0.5) is 5.82 Å². The molecule has 0 aliphatic heterocycles. The number of hydrogen-bond donors (Lipinski definition) is 2. The third-order valence-electron chi connectivity index (χ3n) is 5.79. The fraction of sp³-hybridized carbons (Fsp3) is 0.0714. The van der Waals surface area contributed by atoms with Crippen LogP contribution < -0.4 is 10.0 Å². The summed E-state index contributed by atoms with van der Waals surface area (Å²) in [6, 6.07) is 26.5. The highest BCUT2D eigenvalue weighted by molar-refractivity contribution is 9.10. The van der Waals surface area contributed by atoms with E-state index < -0.39 is 10.0 Å². The van der Waals surface area contributed by atoms with Crippen LogP contribution in [0.15, 0.2) is 101 Å². The van der Waals surface area contributed by atoms with E-state index in [-0.39, 0.29) is 6.54 Å². The van der Waals surface area contributed by atoms with Gasteiger partial charge in [0.2, 0.25) is 10.0 Å². The first kappa shape index (κ1) is 26.1. The number of benzene rings is 3. The summed E-state index contributed by atoms with van der Waals surface area (Å²) in [4.78, 5) is 4.73. The number of rotatable bonds is 9. The van der Waals surface area contributed by atoms with Crippen molar-refractivity contribution in [2.24, 2.45) is 0 Å². The molecule has 5 rings (SSSR count). The Morgan fingerprint density at radius 3 is 2.34 bits per heavy atom. The van der Waals surface area contributed by atoms with Crippen molar-refractivity contribution in [3.05, 3.63) is 123 Å². The average Bonchev–Trinajstić information content (AvgIpc) is 3.31. The van der Waals surface area contributed by atoms with Crippen LogP contribution in [0.1, 0.15) is 16.7 Å². The highest BCUT2D eigenvalue weighted by Gasteiger charge is 2.13. The first-order valence-electron chi connectivity index (χ1n) is 11.7. The number of halogens is 2. The van der Waals surface area contributed by atoms with Gasteiger partial charge in [0.15, 0.2) is 5.65 Å². The number of nitrogens with zero attached hydrogens (tertiary/aromatic N) is 3. The molecule has 38 heavy (non-hydrogen) atoms. The van der Waals surface area contributed by atoms with E-state index in [4.69, 9.17) is 16.6 Å². The van der Waals surface area contributed by atoms with Crippen LogP contribution in [-0.4, -0.2) is 23.0 Å². The molecule has 2 aromatic heterocycles. The van der Waals surface area contributed by atoms with Crippen LogP contribution in [0, 0.1) is 0 Å². The fourth-order valence-corrected chi connectivity index (χ4v) is 5.18. The highest BCUT2D eigenvalue weighted by Crippen LogP contribution is 2.30. The Kier molecular flexibility index (Phi) is 7.90. The van der Waals surface area contributed by atoms with Gasteiger partial charge in [-0.15, -0.1) is 0 Å². The summed E-state index contributed by atoms with van der Waals surface area (Å²) >= 11 is 9.94. The molecule has 0 fully saturated rings. The van der Waals surface area contributed by atoms with Gasteiger partial charge < -0.3 is 5.32 Å². The van der Waals surface area contributed by atoms with Gasteiger partial charge in [0.25, 0.3) is 0 Å². The summed E-state index contributed by atoms with van der Waals surface area (Å²) in [5.74, 6) is 0.762. The summed E-state index contributed by atoms with van der Waals surface area (Å²) in [6.45, 7) is 0.729. The van der Waals surface area contributed by atoms with Crippen LogP contribution in [0.25, 0.3) is 23.0 Å². The highest BCUT2D eigenvalue weighted by atomic mass is 79.9. The van der Waals surface area contributed by atoms with Gasteiger partial charge in [0, 0.05) is 35.2 Å². The summed E-state index contributed by atoms with van der Waals surface area (Å²) in [5, 5.41) is 9.65. The zero-order valence-electron chi connectivity index (χ0n) is 20.1. The van der Waals surface area contributed by atoms with Gasteiger partial charge in [-0.3, -0.25) is 0 Å². The van der Waals surface area contributed by atoms with E-state index in [1.807, 2.05) is 84.9 Å². The molecular formula is C28H23BrClN5O2S. The van der Waals surface area contributed by atoms with Gasteiger partial charge in [0.1, 0.15) is 5.82 Å². The van der Waals surface area contributed by atoms with Gasteiger partial charge in [-0.05, 0) is 44.8 Å². The van der Waals surface area contributed by atoms with Crippen LogP contribution in [-0.2, 0) is 23.1 Å². The maximum absolute atomic E-state index is 12.3. The van der Waals surface area contributed by atoms with Crippen LogP contribution in [0.2, 0.25) is 5.02 Å². The number of fused-ring (bicyclic) bond motifs is 1. The largest absolute Gasteiger partial charge is 0.366 e. The Bertz CT molecular complexity index is 1710. The lowest BCUT2D eigenvalue weighted by atomic mass is 10.1. The molecule has 0 bridgehead atoms. The zero-order chi connectivity index (χ0) is 26.5. The molecule has 192 valence electrons. The maximum Gasteiger partial charge on any atom is 0.234 e. The Balaban J connectivity index is 1.26. The standard InChI is InChI=1S/C28H23BrClN5O2S/c29-24-19-32-35-27(16-26(34-28(24)35)23-8-4-5-9-25(23)30)31-17-21-10-12-22(13-11-21)18-33-38(36,37)15-14-20-6-2-1-3-7-20/h1-16,19,31,33H,17-18H2. The van der Waals surface area contributed by atoms with Crippen molar-refractivity contribution in [1.29, 1.82) is 0 Å². The molecule has 0 saturated heterocycles. The molecule has 0 radical (unpaired) electrons. The van der Waals surface area contributed by atoms with Crippen molar-refractivity contribution in [2.45, 2.75) is 13.1 Å². The van der Waals surface area contributed by atoms with E-state index in [1.165, 1.54) is 5.41 Å². The van der Waals surface area contributed by atoms with E-state index in [0.717, 1.165) is 38.2 Å². The van der Waals surface area contributed by atoms with Crippen molar-refractivity contribution >= 4 is 55.1 Å². The average molecular weight is 609 g/mol. The minimum absolute atomic E-state index is 0.197. The minimum Gasteiger partial charge on any atom is -0.366 e. The first-order valence-corrected chi connectivity index (χ1v) is 14.4. The normalized spacial score (nSPS) is 11.8. The summed E-state index contributed by atoms with van der Waals surface area (Å²) < 4.78 is 29.8. The second-order valence-electron chi connectivity index (χ2n) is 8.48. The molecule has 2 N–H and O–H groups in total. The molecule has 0 amide bonds. The van der Waals surface area contributed by atoms with E-state index in [2.05, 4.69) is 31.1 Å². The molecule has 0 atom stereocenters. The third kappa shape index (κ3) is 6.31. The molecule has 0 aliphatic carbocycles. The van der Waals surface area contributed by atoms with E-state index in [9.17, 15) is 8.42 Å². The Hall–Kier alpha value is -3.50. The fourth-order valence-electron chi connectivity index (χ4n) is 3.80. The smallest absolute Gasteiger partial charge is 0.234 e. The molecule has 3 aromatic carbocycles. The predicted molar refractivity (Wildman–Crippen MR) is 156 cm³/mol. The van der Waals surface area contributed by atoms with Gasteiger partial charge in [-0.25, -0.2) is 18.1 Å². The Morgan fingerprint density at radius 1 is 0.921 bits per heavy atom. The number of hydrogen-bond acceptors (Lipinski definition) is 5. The quantitative estimate of drug-likeness (QED) is 0.199. The first-order chi connectivity index (χ1) is 18.4. The molecule has 0 aliphatic rings. The zero-order valence-corrected chi connectivity index (χ0v) is 23.2. The van der Waals surface area contributed by atoms with Crippen molar-refractivity contribution in [3.63, 3.8) is 0 Å². The number of aromatic nitrogens is 3. The van der Waals surface area contributed by atoms with Crippen molar-refractivity contribution in [2.75, 3.05) is 5.32 Å². The summed E-state index contributed by atoms with van der Waals surface area (Å²) in [5.41, 5.74) is 4.94.